The highest BCUT2D eigenvalue weighted by Gasteiger charge is 2.16. The maximum Gasteiger partial charge on any atom is 0.265 e. The molecule has 0 atom stereocenters. The second-order valence-electron chi connectivity index (χ2n) is 3.85. The topological polar surface area (TPSA) is 75.3 Å². The van der Waals surface area contributed by atoms with Crippen molar-refractivity contribution in [2.24, 2.45) is 0 Å². The molecule has 0 aliphatic carbocycles. The Labute approximate surface area is 108 Å². The normalized spacial score (nSPS) is 11.2. The van der Waals surface area contributed by atoms with Gasteiger partial charge in [0, 0.05) is 5.56 Å². The first-order chi connectivity index (χ1) is 8.50. The van der Waals surface area contributed by atoms with Crippen molar-refractivity contribution in [3.8, 4) is 0 Å². The molecular formula is C12H18N2O3S. The number of nitrogens with one attached hydrogen (secondary N) is 2. The van der Waals surface area contributed by atoms with Gasteiger partial charge in [0.05, 0.1) is 5.75 Å². The highest BCUT2D eigenvalue weighted by molar-refractivity contribution is 7.90. The summed E-state index contributed by atoms with van der Waals surface area (Å²) in [5.41, 5.74) is 1.24. The van der Waals surface area contributed by atoms with E-state index in [4.69, 9.17) is 0 Å². The summed E-state index contributed by atoms with van der Waals surface area (Å²) in [7, 11) is -1.70. The van der Waals surface area contributed by atoms with Gasteiger partial charge in [0.1, 0.15) is 0 Å². The van der Waals surface area contributed by atoms with E-state index in [-0.39, 0.29) is 5.75 Å². The Hall–Kier alpha value is -1.40. The third-order valence-electron chi connectivity index (χ3n) is 2.53. The molecule has 1 amide bonds. The lowest BCUT2D eigenvalue weighted by Gasteiger charge is -2.09. The van der Waals surface area contributed by atoms with Gasteiger partial charge in [0.2, 0.25) is 10.0 Å². The third-order valence-corrected chi connectivity index (χ3v) is 3.79. The molecule has 1 aromatic carbocycles. The van der Waals surface area contributed by atoms with Crippen molar-refractivity contribution in [2.45, 2.75) is 13.3 Å². The summed E-state index contributed by atoms with van der Waals surface area (Å²) in [6.07, 6.45) is 0.673. The Morgan fingerprint density at radius 3 is 2.56 bits per heavy atom. The van der Waals surface area contributed by atoms with Crippen LogP contribution in [0.5, 0.6) is 0 Å². The monoisotopic (exact) mass is 270 g/mol. The van der Waals surface area contributed by atoms with Crippen molar-refractivity contribution < 1.29 is 13.2 Å². The van der Waals surface area contributed by atoms with Crippen LogP contribution in [0.25, 0.3) is 0 Å². The second-order valence-corrected chi connectivity index (χ2v) is 5.86. The van der Waals surface area contributed by atoms with E-state index in [1.54, 1.807) is 12.1 Å². The minimum absolute atomic E-state index is 0.114. The van der Waals surface area contributed by atoms with Crippen molar-refractivity contribution in [1.82, 2.24) is 10.0 Å². The van der Waals surface area contributed by atoms with Crippen LogP contribution in [0.3, 0.4) is 0 Å². The van der Waals surface area contributed by atoms with Crippen molar-refractivity contribution in [1.29, 1.82) is 0 Å². The summed E-state index contributed by atoms with van der Waals surface area (Å²) in [5, 5.41) is 2.99. The Morgan fingerprint density at radius 1 is 1.28 bits per heavy atom. The average molecular weight is 270 g/mol. The van der Waals surface area contributed by atoms with Crippen LogP contribution in [0.2, 0.25) is 0 Å². The number of hydrogen-bond acceptors (Lipinski definition) is 4. The van der Waals surface area contributed by atoms with Gasteiger partial charge >= 0.3 is 0 Å². The lowest BCUT2D eigenvalue weighted by Crippen LogP contribution is -2.32. The van der Waals surface area contributed by atoms with E-state index >= 15 is 0 Å². The molecule has 0 heterocycles. The summed E-state index contributed by atoms with van der Waals surface area (Å²) in [6.45, 7) is 2.22. The minimum Gasteiger partial charge on any atom is -0.319 e. The summed E-state index contributed by atoms with van der Waals surface area (Å²) >= 11 is 0. The molecule has 5 nitrogen and oxygen atoms in total. The van der Waals surface area contributed by atoms with E-state index in [0.29, 0.717) is 12.0 Å². The first kappa shape index (κ1) is 14.7. The molecule has 0 unspecified atom stereocenters. The largest absolute Gasteiger partial charge is 0.319 e. The number of amides is 1. The number of carbonyl (C=O) groups is 1. The van der Waals surface area contributed by atoms with Crippen LogP contribution in [0, 0.1) is 0 Å². The molecule has 0 fully saturated rings. The molecule has 0 radical (unpaired) electrons. The molecule has 18 heavy (non-hydrogen) atoms. The SMILES string of the molecule is CCS(=O)(=O)NC(=O)c1ccccc1CCNC. The van der Waals surface area contributed by atoms with Gasteiger partial charge in [0.15, 0.2) is 0 Å². The lowest BCUT2D eigenvalue weighted by molar-refractivity contribution is 0.0980. The van der Waals surface area contributed by atoms with Crippen molar-refractivity contribution in [3.63, 3.8) is 0 Å². The highest BCUT2D eigenvalue weighted by Crippen LogP contribution is 2.09. The van der Waals surface area contributed by atoms with Gasteiger partial charge in [-0.05, 0) is 38.6 Å². The second kappa shape index (κ2) is 6.51. The van der Waals surface area contributed by atoms with Gasteiger partial charge in [-0.25, -0.2) is 13.1 Å². The fourth-order valence-corrected chi connectivity index (χ4v) is 2.02. The van der Waals surface area contributed by atoms with Crippen LogP contribution in [0.4, 0.5) is 0 Å². The molecule has 1 aromatic rings. The smallest absolute Gasteiger partial charge is 0.265 e. The molecule has 0 aliphatic rings. The average Bonchev–Trinajstić information content (AvgIpc) is 2.36. The summed E-state index contributed by atoms with van der Waals surface area (Å²) in [5.74, 6) is -0.680. The van der Waals surface area contributed by atoms with Gasteiger partial charge in [-0.15, -0.1) is 0 Å². The number of hydrogen-bond donors (Lipinski definition) is 2. The van der Waals surface area contributed by atoms with Gasteiger partial charge < -0.3 is 5.32 Å². The van der Waals surface area contributed by atoms with E-state index < -0.39 is 15.9 Å². The quantitative estimate of drug-likeness (QED) is 0.790. The number of rotatable bonds is 6. The van der Waals surface area contributed by atoms with E-state index in [1.807, 2.05) is 19.2 Å². The van der Waals surface area contributed by atoms with Crippen LogP contribution in [-0.2, 0) is 16.4 Å². The van der Waals surface area contributed by atoms with E-state index in [9.17, 15) is 13.2 Å². The molecule has 0 saturated carbocycles. The fourth-order valence-electron chi connectivity index (χ4n) is 1.49. The third kappa shape index (κ3) is 4.12. The molecule has 100 valence electrons. The predicted octanol–water partition coefficient (Wildman–Crippen LogP) is 0.528. The van der Waals surface area contributed by atoms with E-state index in [0.717, 1.165) is 12.1 Å². The zero-order valence-electron chi connectivity index (χ0n) is 10.6. The van der Waals surface area contributed by atoms with Crippen molar-refractivity contribution >= 4 is 15.9 Å². The molecule has 1 rings (SSSR count). The molecule has 0 spiro atoms. The molecule has 6 heteroatoms. The van der Waals surface area contributed by atoms with E-state index in [1.165, 1.54) is 6.92 Å². The Kier molecular flexibility index (Phi) is 5.30. The van der Waals surface area contributed by atoms with Gasteiger partial charge in [-0.2, -0.15) is 0 Å². The molecule has 2 N–H and O–H groups in total. The van der Waals surface area contributed by atoms with Crippen LogP contribution < -0.4 is 10.0 Å². The molecular weight excluding hydrogens is 252 g/mol. The van der Waals surface area contributed by atoms with Crippen LogP contribution in [-0.4, -0.2) is 33.7 Å². The summed E-state index contributed by atoms with van der Waals surface area (Å²) < 4.78 is 24.8. The zero-order valence-corrected chi connectivity index (χ0v) is 11.4. The molecule has 0 bridgehead atoms. The molecule has 0 aromatic heterocycles. The van der Waals surface area contributed by atoms with Crippen LogP contribution in [0.15, 0.2) is 24.3 Å². The zero-order chi connectivity index (χ0) is 13.6. The molecule has 0 saturated heterocycles. The first-order valence-electron chi connectivity index (χ1n) is 5.77. The summed E-state index contributed by atoms with van der Waals surface area (Å²) in [6, 6.07) is 7.00. The standard InChI is InChI=1S/C12H18N2O3S/c1-3-18(16,17)14-12(15)11-7-5-4-6-10(11)8-9-13-2/h4-7,13H,3,8-9H2,1-2H3,(H,14,15). The Morgan fingerprint density at radius 2 is 1.94 bits per heavy atom. The Balaban J connectivity index is 2.91. The Bertz CT molecular complexity index is 512. The van der Waals surface area contributed by atoms with Crippen molar-refractivity contribution in [2.75, 3.05) is 19.3 Å². The van der Waals surface area contributed by atoms with Crippen LogP contribution >= 0.6 is 0 Å². The fraction of sp³-hybridized carbons (Fsp3) is 0.417. The summed E-state index contributed by atoms with van der Waals surface area (Å²) in [4.78, 5) is 11.9. The number of carbonyl (C=O) groups excluding carboxylic acids is 1. The first-order valence-corrected chi connectivity index (χ1v) is 7.42. The number of benzene rings is 1. The maximum atomic E-state index is 11.9. The molecule has 0 aliphatic heterocycles. The van der Waals surface area contributed by atoms with Crippen LogP contribution in [0.1, 0.15) is 22.8 Å². The number of sulfonamides is 1. The lowest BCUT2D eigenvalue weighted by atomic mass is 10.0. The van der Waals surface area contributed by atoms with Crippen molar-refractivity contribution in [3.05, 3.63) is 35.4 Å². The van der Waals surface area contributed by atoms with Gasteiger partial charge in [-0.3, -0.25) is 4.79 Å². The highest BCUT2D eigenvalue weighted by atomic mass is 32.2. The van der Waals surface area contributed by atoms with Gasteiger partial charge in [-0.1, -0.05) is 18.2 Å². The predicted molar refractivity (Wildman–Crippen MR) is 71.0 cm³/mol. The maximum absolute atomic E-state index is 11.9. The van der Waals surface area contributed by atoms with E-state index in [2.05, 4.69) is 10.0 Å². The minimum atomic E-state index is -3.52. The van der Waals surface area contributed by atoms with Gasteiger partial charge in [0.25, 0.3) is 5.91 Å². The number of likely N-dealkylation sites (N-methyl/N-ethyl adjacent to an activating group) is 1.